The molecule has 98 valence electrons. The van der Waals surface area contributed by atoms with Gasteiger partial charge in [0.2, 0.25) is 0 Å². The summed E-state index contributed by atoms with van der Waals surface area (Å²) >= 11 is 0. The first-order valence-corrected chi connectivity index (χ1v) is 7.13. The number of rotatable bonds is 4. The molecule has 1 N–H and O–H groups in total. The van der Waals surface area contributed by atoms with Crippen molar-refractivity contribution >= 4 is 0 Å². The summed E-state index contributed by atoms with van der Waals surface area (Å²) in [7, 11) is 0. The van der Waals surface area contributed by atoms with Crippen molar-refractivity contribution in [2.24, 2.45) is 17.8 Å². The fourth-order valence-electron chi connectivity index (χ4n) is 3.65. The van der Waals surface area contributed by atoms with E-state index in [9.17, 15) is 5.11 Å². The molecule has 0 spiro atoms. The Morgan fingerprint density at radius 2 is 2.22 bits per heavy atom. The summed E-state index contributed by atoms with van der Waals surface area (Å²) in [6.45, 7) is 2.64. The third kappa shape index (κ3) is 2.39. The SMILES string of the molecule is C[C@@H](O)c1cccc(OCC2CC3CCC2C3)c1. The molecule has 0 radical (unpaired) electrons. The second-order valence-corrected chi connectivity index (χ2v) is 5.99. The van der Waals surface area contributed by atoms with Crippen molar-refractivity contribution in [1.29, 1.82) is 0 Å². The van der Waals surface area contributed by atoms with Crippen LogP contribution in [0.1, 0.15) is 44.3 Å². The second kappa shape index (κ2) is 4.93. The highest BCUT2D eigenvalue weighted by molar-refractivity contribution is 5.29. The molecule has 2 bridgehead atoms. The molecule has 2 nitrogen and oxygen atoms in total. The minimum absolute atomic E-state index is 0.420. The molecule has 0 aromatic heterocycles. The van der Waals surface area contributed by atoms with Gasteiger partial charge in [0.15, 0.2) is 0 Å². The molecule has 1 aromatic carbocycles. The highest BCUT2D eigenvalue weighted by Crippen LogP contribution is 2.48. The first-order valence-electron chi connectivity index (χ1n) is 7.13. The first kappa shape index (κ1) is 12.0. The van der Waals surface area contributed by atoms with Crippen molar-refractivity contribution < 1.29 is 9.84 Å². The molecule has 2 heteroatoms. The summed E-state index contributed by atoms with van der Waals surface area (Å²) in [5.74, 6) is 3.55. The summed E-state index contributed by atoms with van der Waals surface area (Å²) < 4.78 is 5.92. The third-order valence-corrected chi connectivity index (χ3v) is 4.69. The Balaban J connectivity index is 1.58. The molecule has 1 aromatic rings. The molecule has 0 amide bonds. The van der Waals surface area contributed by atoms with Crippen LogP contribution in [0.4, 0.5) is 0 Å². The first-order chi connectivity index (χ1) is 8.72. The Kier molecular flexibility index (Phi) is 3.29. The minimum Gasteiger partial charge on any atom is -0.493 e. The van der Waals surface area contributed by atoms with E-state index < -0.39 is 6.10 Å². The number of ether oxygens (including phenoxy) is 1. The van der Waals surface area contributed by atoms with Crippen LogP contribution in [-0.2, 0) is 0 Å². The van der Waals surface area contributed by atoms with Crippen molar-refractivity contribution in [3.63, 3.8) is 0 Å². The lowest BCUT2D eigenvalue weighted by molar-refractivity contribution is 0.189. The Hall–Kier alpha value is -1.02. The maximum absolute atomic E-state index is 9.56. The largest absolute Gasteiger partial charge is 0.493 e. The normalized spacial score (nSPS) is 31.6. The third-order valence-electron chi connectivity index (χ3n) is 4.69. The lowest BCUT2D eigenvalue weighted by atomic mass is 9.89. The molecule has 18 heavy (non-hydrogen) atoms. The zero-order valence-electron chi connectivity index (χ0n) is 11.0. The number of benzene rings is 1. The average Bonchev–Trinajstić information content (AvgIpc) is 2.99. The van der Waals surface area contributed by atoms with Crippen molar-refractivity contribution in [1.82, 2.24) is 0 Å². The topological polar surface area (TPSA) is 29.5 Å². The van der Waals surface area contributed by atoms with Crippen LogP contribution >= 0.6 is 0 Å². The number of aliphatic hydroxyl groups is 1. The van der Waals surface area contributed by atoms with Crippen molar-refractivity contribution in [2.45, 2.75) is 38.7 Å². The lowest BCUT2D eigenvalue weighted by Gasteiger charge is -2.22. The van der Waals surface area contributed by atoms with E-state index in [1.807, 2.05) is 24.3 Å². The molecule has 4 atom stereocenters. The smallest absolute Gasteiger partial charge is 0.119 e. The Labute approximate surface area is 109 Å². The van der Waals surface area contributed by atoms with Gasteiger partial charge in [0.1, 0.15) is 5.75 Å². The van der Waals surface area contributed by atoms with Crippen LogP contribution in [0.5, 0.6) is 5.75 Å². The molecule has 2 aliphatic carbocycles. The Bertz CT molecular complexity index is 413. The van der Waals surface area contributed by atoms with Gasteiger partial charge in [-0.2, -0.15) is 0 Å². The van der Waals surface area contributed by atoms with E-state index in [1.165, 1.54) is 25.7 Å². The fourth-order valence-corrected chi connectivity index (χ4v) is 3.65. The van der Waals surface area contributed by atoms with Crippen LogP contribution in [-0.4, -0.2) is 11.7 Å². The van der Waals surface area contributed by atoms with Gasteiger partial charge in [0, 0.05) is 0 Å². The van der Waals surface area contributed by atoms with Crippen LogP contribution in [0, 0.1) is 17.8 Å². The Morgan fingerprint density at radius 1 is 1.33 bits per heavy atom. The standard InChI is InChI=1S/C16H22O2/c1-11(17)13-3-2-4-16(9-13)18-10-15-8-12-5-6-14(15)7-12/h2-4,9,11-12,14-15,17H,5-8,10H2,1H3/t11-,12?,14?,15?/m1/s1. The summed E-state index contributed by atoms with van der Waals surface area (Å²) in [5.41, 5.74) is 0.931. The molecule has 3 unspecified atom stereocenters. The maximum Gasteiger partial charge on any atom is 0.119 e. The molecule has 2 aliphatic rings. The number of hydrogen-bond acceptors (Lipinski definition) is 2. The predicted octanol–water partition coefficient (Wildman–Crippen LogP) is 3.55. The average molecular weight is 246 g/mol. The van der Waals surface area contributed by atoms with Crippen molar-refractivity contribution in [3.8, 4) is 5.75 Å². The number of hydrogen-bond donors (Lipinski definition) is 1. The van der Waals surface area contributed by atoms with Gasteiger partial charge in [-0.1, -0.05) is 18.6 Å². The van der Waals surface area contributed by atoms with Gasteiger partial charge in [0.05, 0.1) is 12.7 Å². The molecule has 2 fully saturated rings. The summed E-state index contributed by atoms with van der Waals surface area (Å²) in [5, 5.41) is 9.56. The van der Waals surface area contributed by atoms with Crippen LogP contribution in [0.15, 0.2) is 24.3 Å². The lowest BCUT2D eigenvalue weighted by Crippen LogP contribution is -2.18. The van der Waals surface area contributed by atoms with Crippen molar-refractivity contribution in [3.05, 3.63) is 29.8 Å². The predicted molar refractivity (Wildman–Crippen MR) is 71.5 cm³/mol. The van der Waals surface area contributed by atoms with Crippen LogP contribution in [0.3, 0.4) is 0 Å². The zero-order chi connectivity index (χ0) is 12.5. The minimum atomic E-state index is -0.420. The monoisotopic (exact) mass is 246 g/mol. The maximum atomic E-state index is 9.56. The molecular formula is C16H22O2. The van der Waals surface area contributed by atoms with Crippen molar-refractivity contribution in [2.75, 3.05) is 6.61 Å². The molecule has 0 saturated heterocycles. The van der Waals surface area contributed by atoms with Crippen LogP contribution in [0.25, 0.3) is 0 Å². The molecule has 3 rings (SSSR count). The van der Waals surface area contributed by atoms with E-state index in [-0.39, 0.29) is 0 Å². The number of fused-ring (bicyclic) bond motifs is 2. The van der Waals surface area contributed by atoms with Crippen LogP contribution in [0.2, 0.25) is 0 Å². The van der Waals surface area contributed by atoms with Gasteiger partial charge in [-0.25, -0.2) is 0 Å². The van der Waals surface area contributed by atoms with E-state index in [0.29, 0.717) is 0 Å². The highest BCUT2D eigenvalue weighted by Gasteiger charge is 2.39. The highest BCUT2D eigenvalue weighted by atomic mass is 16.5. The summed E-state index contributed by atoms with van der Waals surface area (Å²) in [6.07, 6.45) is 5.23. The van der Waals surface area contributed by atoms with Gasteiger partial charge in [0.25, 0.3) is 0 Å². The second-order valence-electron chi connectivity index (χ2n) is 5.99. The molecule has 0 aliphatic heterocycles. The van der Waals surface area contributed by atoms with E-state index in [2.05, 4.69) is 0 Å². The Morgan fingerprint density at radius 3 is 2.89 bits per heavy atom. The molecule has 0 heterocycles. The quantitative estimate of drug-likeness (QED) is 0.880. The van der Waals surface area contributed by atoms with E-state index in [0.717, 1.165) is 35.7 Å². The van der Waals surface area contributed by atoms with Gasteiger partial charge < -0.3 is 9.84 Å². The fraction of sp³-hybridized carbons (Fsp3) is 0.625. The summed E-state index contributed by atoms with van der Waals surface area (Å²) in [4.78, 5) is 0. The van der Waals surface area contributed by atoms with Crippen LogP contribution < -0.4 is 4.74 Å². The van der Waals surface area contributed by atoms with E-state index in [1.54, 1.807) is 6.92 Å². The molecule has 2 saturated carbocycles. The summed E-state index contributed by atoms with van der Waals surface area (Å²) in [6, 6.07) is 7.84. The molecular weight excluding hydrogens is 224 g/mol. The van der Waals surface area contributed by atoms with Gasteiger partial charge in [-0.15, -0.1) is 0 Å². The van der Waals surface area contributed by atoms with Gasteiger partial charge in [-0.05, 0) is 61.6 Å². The van der Waals surface area contributed by atoms with E-state index in [4.69, 9.17) is 4.74 Å². The van der Waals surface area contributed by atoms with E-state index >= 15 is 0 Å². The van der Waals surface area contributed by atoms with Gasteiger partial charge >= 0.3 is 0 Å². The number of aliphatic hydroxyl groups excluding tert-OH is 1. The van der Waals surface area contributed by atoms with Gasteiger partial charge in [-0.3, -0.25) is 0 Å². The zero-order valence-corrected chi connectivity index (χ0v) is 11.0.